The molecule has 138 valence electrons. The fourth-order valence-corrected chi connectivity index (χ4v) is 3.62. The zero-order chi connectivity index (χ0) is 18.8. The van der Waals surface area contributed by atoms with E-state index in [0.717, 1.165) is 47.7 Å². The number of pyridine rings is 1. The van der Waals surface area contributed by atoms with Crippen molar-refractivity contribution in [2.75, 3.05) is 13.1 Å². The monoisotopic (exact) mass is 364 g/mol. The third-order valence-corrected chi connectivity index (χ3v) is 5.06. The predicted molar refractivity (Wildman–Crippen MR) is 101 cm³/mol. The highest BCUT2D eigenvalue weighted by Crippen LogP contribution is 2.34. The van der Waals surface area contributed by atoms with E-state index in [1.807, 2.05) is 17.0 Å². The largest absolute Gasteiger partial charge is 0.342 e. The lowest BCUT2D eigenvalue weighted by Crippen LogP contribution is -2.37. The Labute approximate surface area is 157 Å². The second kappa shape index (κ2) is 7.31. The van der Waals surface area contributed by atoms with E-state index in [4.69, 9.17) is 4.98 Å². The molecule has 0 bridgehead atoms. The quantitative estimate of drug-likeness (QED) is 0.764. The summed E-state index contributed by atoms with van der Waals surface area (Å²) in [4.78, 5) is 26.1. The van der Waals surface area contributed by atoms with E-state index < -0.39 is 0 Å². The molecule has 1 aliphatic rings. The zero-order valence-corrected chi connectivity index (χ0v) is 15.2. The molecule has 1 unspecified atom stereocenters. The zero-order valence-electron chi connectivity index (χ0n) is 15.2. The van der Waals surface area contributed by atoms with Gasteiger partial charge in [-0.2, -0.15) is 0 Å². The minimum atomic E-state index is -0.274. The molecule has 1 N–H and O–H groups in total. The van der Waals surface area contributed by atoms with E-state index in [9.17, 15) is 9.18 Å². The number of halogens is 1. The van der Waals surface area contributed by atoms with Gasteiger partial charge >= 0.3 is 0 Å². The molecule has 0 aliphatic carbocycles. The molecule has 0 saturated carbocycles. The van der Waals surface area contributed by atoms with Crippen LogP contribution in [0.2, 0.25) is 0 Å². The Morgan fingerprint density at radius 3 is 2.59 bits per heavy atom. The number of rotatable bonds is 3. The topological polar surface area (TPSA) is 61.9 Å². The number of hydrogen-bond acceptors (Lipinski definition) is 3. The normalized spacial score (nSPS) is 17.1. The van der Waals surface area contributed by atoms with Gasteiger partial charge in [-0.3, -0.25) is 9.78 Å². The van der Waals surface area contributed by atoms with Crippen LogP contribution in [0.4, 0.5) is 4.39 Å². The van der Waals surface area contributed by atoms with Crippen LogP contribution in [0.1, 0.15) is 31.5 Å². The van der Waals surface area contributed by atoms with E-state index in [1.54, 1.807) is 31.5 Å². The summed E-state index contributed by atoms with van der Waals surface area (Å²) < 4.78 is 13.4. The SMILES string of the molecule is CC(=O)N1CCCC(c2nc(-c3ccc(F)cc3)c(-c3ccncc3)[nH]2)C1. The Morgan fingerprint density at radius 1 is 1.15 bits per heavy atom. The molecule has 1 aliphatic heterocycles. The Bertz CT molecular complexity index is 937. The minimum Gasteiger partial charge on any atom is -0.342 e. The van der Waals surface area contributed by atoms with Gasteiger partial charge in [0.05, 0.1) is 11.4 Å². The molecular weight excluding hydrogens is 343 g/mol. The standard InChI is InChI=1S/C21H21FN4O/c1-14(27)26-12-2-3-17(13-26)21-24-19(15-4-6-18(22)7-5-15)20(25-21)16-8-10-23-11-9-16/h4-11,17H,2-3,12-13H2,1H3,(H,24,25). The molecule has 6 heteroatoms. The lowest BCUT2D eigenvalue weighted by Gasteiger charge is -2.31. The number of likely N-dealkylation sites (tertiary alicyclic amines) is 1. The van der Waals surface area contributed by atoms with Crippen LogP contribution in [0, 0.1) is 5.82 Å². The van der Waals surface area contributed by atoms with Crippen LogP contribution >= 0.6 is 0 Å². The van der Waals surface area contributed by atoms with Crippen LogP contribution in [-0.4, -0.2) is 38.8 Å². The molecule has 1 aromatic carbocycles. The maximum Gasteiger partial charge on any atom is 0.219 e. The van der Waals surface area contributed by atoms with Crippen molar-refractivity contribution in [2.24, 2.45) is 0 Å². The molecule has 0 spiro atoms. The molecule has 1 atom stereocenters. The molecule has 1 fully saturated rings. The summed E-state index contributed by atoms with van der Waals surface area (Å²) >= 11 is 0. The fourth-order valence-electron chi connectivity index (χ4n) is 3.62. The van der Waals surface area contributed by atoms with E-state index in [1.165, 1.54) is 12.1 Å². The lowest BCUT2D eigenvalue weighted by molar-refractivity contribution is -0.130. The summed E-state index contributed by atoms with van der Waals surface area (Å²) in [6, 6.07) is 10.2. The Hall–Kier alpha value is -3.02. The molecule has 1 saturated heterocycles. The highest BCUT2D eigenvalue weighted by atomic mass is 19.1. The van der Waals surface area contributed by atoms with Crippen LogP contribution in [0.3, 0.4) is 0 Å². The van der Waals surface area contributed by atoms with Crippen molar-refractivity contribution >= 4 is 5.91 Å². The van der Waals surface area contributed by atoms with Crippen molar-refractivity contribution in [2.45, 2.75) is 25.7 Å². The molecule has 0 radical (unpaired) electrons. The average Bonchev–Trinajstić information content (AvgIpc) is 3.15. The van der Waals surface area contributed by atoms with Gasteiger partial charge in [0.15, 0.2) is 0 Å². The second-order valence-corrected chi connectivity index (χ2v) is 6.89. The fraction of sp³-hybridized carbons (Fsp3) is 0.286. The van der Waals surface area contributed by atoms with E-state index in [2.05, 4.69) is 9.97 Å². The van der Waals surface area contributed by atoms with Crippen molar-refractivity contribution in [3.8, 4) is 22.5 Å². The van der Waals surface area contributed by atoms with E-state index >= 15 is 0 Å². The molecule has 2 aromatic heterocycles. The number of aromatic nitrogens is 3. The Morgan fingerprint density at radius 2 is 1.89 bits per heavy atom. The summed E-state index contributed by atoms with van der Waals surface area (Å²) in [5, 5.41) is 0. The van der Waals surface area contributed by atoms with Gasteiger partial charge < -0.3 is 9.88 Å². The first kappa shape index (κ1) is 17.4. The number of imidazole rings is 1. The summed E-state index contributed by atoms with van der Waals surface area (Å²) in [7, 11) is 0. The van der Waals surface area contributed by atoms with Gasteiger partial charge in [-0.15, -0.1) is 0 Å². The Kier molecular flexibility index (Phi) is 4.71. The van der Waals surface area contributed by atoms with Gasteiger partial charge in [-0.05, 0) is 49.2 Å². The molecule has 3 aromatic rings. The smallest absolute Gasteiger partial charge is 0.219 e. The van der Waals surface area contributed by atoms with E-state index in [0.29, 0.717) is 6.54 Å². The van der Waals surface area contributed by atoms with Crippen molar-refractivity contribution in [3.63, 3.8) is 0 Å². The van der Waals surface area contributed by atoms with Gasteiger partial charge in [0, 0.05) is 49.5 Å². The number of nitrogens with one attached hydrogen (secondary N) is 1. The maximum absolute atomic E-state index is 13.4. The first-order valence-corrected chi connectivity index (χ1v) is 9.13. The number of benzene rings is 1. The number of H-pyrrole nitrogens is 1. The summed E-state index contributed by atoms with van der Waals surface area (Å²) in [5.41, 5.74) is 3.50. The average molecular weight is 364 g/mol. The predicted octanol–water partition coefficient (Wildman–Crippen LogP) is 4.00. The Balaban J connectivity index is 1.76. The summed E-state index contributed by atoms with van der Waals surface area (Å²) in [6.07, 6.45) is 5.42. The van der Waals surface area contributed by atoms with Gasteiger partial charge in [0.1, 0.15) is 11.6 Å². The number of aromatic amines is 1. The van der Waals surface area contributed by atoms with Crippen LogP contribution in [-0.2, 0) is 4.79 Å². The van der Waals surface area contributed by atoms with Crippen molar-refractivity contribution in [1.82, 2.24) is 19.9 Å². The first-order chi connectivity index (χ1) is 13.1. The van der Waals surface area contributed by atoms with Crippen LogP contribution < -0.4 is 0 Å². The number of amides is 1. The summed E-state index contributed by atoms with van der Waals surface area (Å²) in [5.74, 6) is 0.855. The maximum atomic E-state index is 13.4. The highest BCUT2D eigenvalue weighted by molar-refractivity contribution is 5.78. The van der Waals surface area contributed by atoms with Gasteiger partial charge in [-0.25, -0.2) is 9.37 Å². The molecular formula is C21H21FN4O. The highest BCUT2D eigenvalue weighted by Gasteiger charge is 2.26. The number of carbonyl (C=O) groups is 1. The molecule has 5 nitrogen and oxygen atoms in total. The number of nitrogens with zero attached hydrogens (tertiary/aromatic N) is 3. The van der Waals surface area contributed by atoms with Crippen LogP contribution in [0.5, 0.6) is 0 Å². The third-order valence-electron chi connectivity index (χ3n) is 5.06. The van der Waals surface area contributed by atoms with Crippen molar-refractivity contribution in [1.29, 1.82) is 0 Å². The second-order valence-electron chi connectivity index (χ2n) is 6.89. The van der Waals surface area contributed by atoms with Crippen molar-refractivity contribution < 1.29 is 9.18 Å². The molecule has 27 heavy (non-hydrogen) atoms. The molecule has 3 heterocycles. The lowest BCUT2D eigenvalue weighted by atomic mass is 9.97. The minimum absolute atomic E-state index is 0.0966. The van der Waals surface area contributed by atoms with Crippen LogP contribution in [0.25, 0.3) is 22.5 Å². The first-order valence-electron chi connectivity index (χ1n) is 9.13. The van der Waals surface area contributed by atoms with Gasteiger partial charge in [0.25, 0.3) is 0 Å². The van der Waals surface area contributed by atoms with E-state index in [-0.39, 0.29) is 17.6 Å². The van der Waals surface area contributed by atoms with Crippen LogP contribution in [0.15, 0.2) is 48.8 Å². The third kappa shape index (κ3) is 3.60. The molecule has 4 rings (SSSR count). The van der Waals surface area contributed by atoms with Gasteiger partial charge in [0.2, 0.25) is 5.91 Å². The number of hydrogen-bond donors (Lipinski definition) is 1. The number of piperidine rings is 1. The van der Waals surface area contributed by atoms with Crippen molar-refractivity contribution in [3.05, 3.63) is 60.4 Å². The number of carbonyl (C=O) groups excluding carboxylic acids is 1. The van der Waals surface area contributed by atoms with Gasteiger partial charge in [-0.1, -0.05) is 0 Å². The summed E-state index contributed by atoms with van der Waals surface area (Å²) in [6.45, 7) is 3.08. The molecule has 1 amide bonds.